The van der Waals surface area contributed by atoms with Crippen LogP contribution in [-0.4, -0.2) is 5.97 Å². The van der Waals surface area contributed by atoms with Crippen molar-refractivity contribution >= 4 is 11.7 Å². The number of anilines is 1. The Balaban J connectivity index is 1.81. The van der Waals surface area contributed by atoms with Crippen LogP contribution in [0, 0.1) is 6.92 Å². The van der Waals surface area contributed by atoms with Crippen LogP contribution in [0.2, 0.25) is 0 Å². The minimum Gasteiger partial charge on any atom is -0.454 e. The Kier molecular flexibility index (Phi) is 3.65. The van der Waals surface area contributed by atoms with Crippen LogP contribution in [0.15, 0.2) is 42.5 Å². The lowest BCUT2D eigenvalue weighted by Crippen LogP contribution is -2.17. The van der Waals surface area contributed by atoms with Gasteiger partial charge in [-0.05, 0) is 55.0 Å². The summed E-state index contributed by atoms with van der Waals surface area (Å²) in [6, 6.07) is 13.5. The van der Waals surface area contributed by atoms with E-state index in [1.165, 1.54) is 5.56 Å². The van der Waals surface area contributed by atoms with Crippen LogP contribution in [0.1, 0.15) is 46.0 Å². The first-order valence-electron chi connectivity index (χ1n) is 7.30. The van der Waals surface area contributed by atoms with Crippen molar-refractivity contribution in [2.45, 2.75) is 32.3 Å². The van der Waals surface area contributed by atoms with E-state index in [1.807, 2.05) is 25.1 Å². The maximum absolute atomic E-state index is 12.3. The second kappa shape index (κ2) is 5.60. The van der Waals surface area contributed by atoms with Gasteiger partial charge in [0.1, 0.15) is 6.10 Å². The third kappa shape index (κ3) is 2.77. The molecule has 1 unspecified atom stereocenters. The summed E-state index contributed by atoms with van der Waals surface area (Å²) >= 11 is 0. The van der Waals surface area contributed by atoms with Gasteiger partial charge in [0.2, 0.25) is 0 Å². The Morgan fingerprint density at radius 2 is 2.05 bits per heavy atom. The van der Waals surface area contributed by atoms with Crippen molar-refractivity contribution in [2.75, 3.05) is 5.73 Å². The Bertz CT molecular complexity index is 679. The summed E-state index contributed by atoms with van der Waals surface area (Å²) in [5, 5.41) is 0. The normalized spacial score (nSPS) is 17.1. The number of benzene rings is 2. The molecular formula is C18H19NO2. The maximum Gasteiger partial charge on any atom is 0.338 e. The van der Waals surface area contributed by atoms with Crippen LogP contribution in [0.25, 0.3) is 0 Å². The maximum atomic E-state index is 12.3. The second-order valence-electron chi connectivity index (χ2n) is 5.56. The summed E-state index contributed by atoms with van der Waals surface area (Å²) in [4.78, 5) is 12.3. The molecule has 21 heavy (non-hydrogen) atoms. The van der Waals surface area contributed by atoms with Gasteiger partial charge in [0.15, 0.2) is 0 Å². The Hall–Kier alpha value is -2.29. The van der Waals surface area contributed by atoms with Gasteiger partial charge < -0.3 is 10.5 Å². The van der Waals surface area contributed by atoms with Crippen LogP contribution in [0.3, 0.4) is 0 Å². The van der Waals surface area contributed by atoms with E-state index in [4.69, 9.17) is 10.5 Å². The zero-order valence-electron chi connectivity index (χ0n) is 12.1. The van der Waals surface area contributed by atoms with Gasteiger partial charge in [-0.15, -0.1) is 0 Å². The van der Waals surface area contributed by atoms with Gasteiger partial charge >= 0.3 is 5.97 Å². The predicted octanol–water partition coefficient (Wildman–Crippen LogP) is 3.81. The van der Waals surface area contributed by atoms with E-state index in [1.54, 1.807) is 12.1 Å². The molecular weight excluding hydrogens is 262 g/mol. The Morgan fingerprint density at radius 1 is 1.24 bits per heavy atom. The number of hydrogen-bond donors (Lipinski definition) is 1. The van der Waals surface area contributed by atoms with Crippen LogP contribution >= 0.6 is 0 Å². The molecule has 1 aliphatic carbocycles. The van der Waals surface area contributed by atoms with Crippen molar-refractivity contribution in [2.24, 2.45) is 0 Å². The summed E-state index contributed by atoms with van der Waals surface area (Å²) in [5.74, 6) is -0.302. The largest absolute Gasteiger partial charge is 0.454 e. The number of nitrogen functional groups attached to an aromatic ring is 1. The zero-order valence-corrected chi connectivity index (χ0v) is 12.1. The average Bonchev–Trinajstić information content (AvgIpc) is 2.50. The number of rotatable bonds is 2. The molecule has 3 rings (SSSR count). The Morgan fingerprint density at radius 3 is 2.86 bits per heavy atom. The fourth-order valence-corrected chi connectivity index (χ4v) is 2.80. The first-order chi connectivity index (χ1) is 10.1. The molecule has 108 valence electrons. The third-order valence-electron chi connectivity index (χ3n) is 4.08. The molecule has 0 radical (unpaired) electrons. The molecule has 0 spiro atoms. The minimum absolute atomic E-state index is 0.148. The van der Waals surface area contributed by atoms with Crippen LogP contribution in [-0.2, 0) is 11.2 Å². The molecule has 0 aromatic heterocycles. The summed E-state index contributed by atoms with van der Waals surface area (Å²) in [6.07, 6.45) is 2.83. The molecule has 0 saturated carbocycles. The van der Waals surface area contributed by atoms with E-state index >= 15 is 0 Å². The fourth-order valence-electron chi connectivity index (χ4n) is 2.80. The first-order valence-corrected chi connectivity index (χ1v) is 7.30. The third-order valence-corrected chi connectivity index (χ3v) is 4.08. The van der Waals surface area contributed by atoms with Crippen molar-refractivity contribution in [1.29, 1.82) is 0 Å². The van der Waals surface area contributed by atoms with Gasteiger partial charge in [-0.2, -0.15) is 0 Å². The van der Waals surface area contributed by atoms with Gasteiger partial charge in [-0.1, -0.05) is 30.3 Å². The van der Waals surface area contributed by atoms with Crippen molar-refractivity contribution in [3.63, 3.8) is 0 Å². The highest BCUT2D eigenvalue weighted by molar-refractivity contribution is 5.90. The number of aryl methyl sites for hydroxylation is 2. The van der Waals surface area contributed by atoms with Gasteiger partial charge in [0, 0.05) is 5.69 Å². The molecule has 2 aromatic rings. The lowest BCUT2D eigenvalue weighted by molar-refractivity contribution is 0.0256. The van der Waals surface area contributed by atoms with Gasteiger partial charge in [-0.25, -0.2) is 4.79 Å². The van der Waals surface area contributed by atoms with E-state index < -0.39 is 0 Å². The molecule has 0 aliphatic heterocycles. The van der Waals surface area contributed by atoms with Crippen LogP contribution < -0.4 is 5.73 Å². The van der Waals surface area contributed by atoms with Gasteiger partial charge in [-0.3, -0.25) is 0 Å². The molecule has 0 saturated heterocycles. The fraction of sp³-hybridized carbons (Fsp3) is 0.278. The van der Waals surface area contributed by atoms with Crippen molar-refractivity contribution in [3.8, 4) is 0 Å². The van der Waals surface area contributed by atoms with E-state index in [0.29, 0.717) is 11.3 Å². The second-order valence-corrected chi connectivity index (χ2v) is 5.56. The van der Waals surface area contributed by atoms with Crippen LogP contribution in [0.4, 0.5) is 5.69 Å². The van der Waals surface area contributed by atoms with Gasteiger partial charge in [0.05, 0.1) is 5.56 Å². The zero-order chi connectivity index (χ0) is 14.8. The van der Waals surface area contributed by atoms with E-state index in [-0.39, 0.29) is 12.1 Å². The number of esters is 1. The Labute approximate surface area is 124 Å². The van der Waals surface area contributed by atoms with Gasteiger partial charge in [0.25, 0.3) is 0 Å². The molecule has 1 aliphatic rings. The minimum atomic E-state index is -0.302. The van der Waals surface area contributed by atoms with Crippen molar-refractivity contribution in [1.82, 2.24) is 0 Å². The molecule has 2 N–H and O–H groups in total. The molecule has 0 bridgehead atoms. The smallest absolute Gasteiger partial charge is 0.338 e. The standard InChI is InChI=1S/C18H19NO2/c1-12-9-10-14(11-16(12)19)18(20)21-17-8-4-6-13-5-2-3-7-15(13)17/h2-3,5,7,9-11,17H,4,6,8,19H2,1H3. The predicted molar refractivity (Wildman–Crippen MR) is 83.1 cm³/mol. The van der Waals surface area contributed by atoms with E-state index in [0.717, 1.165) is 30.4 Å². The number of nitrogens with two attached hydrogens (primary N) is 1. The average molecular weight is 281 g/mol. The first kappa shape index (κ1) is 13.7. The number of carbonyl (C=O) groups excluding carboxylic acids is 1. The lowest BCUT2D eigenvalue weighted by Gasteiger charge is -2.25. The summed E-state index contributed by atoms with van der Waals surface area (Å²) < 4.78 is 5.70. The SMILES string of the molecule is Cc1ccc(C(=O)OC2CCCc3ccccc32)cc1N. The van der Waals surface area contributed by atoms with E-state index in [2.05, 4.69) is 12.1 Å². The highest BCUT2D eigenvalue weighted by Crippen LogP contribution is 2.33. The van der Waals surface area contributed by atoms with Crippen molar-refractivity contribution < 1.29 is 9.53 Å². The molecule has 3 heteroatoms. The molecule has 0 fully saturated rings. The lowest BCUT2D eigenvalue weighted by atomic mass is 9.89. The summed E-state index contributed by atoms with van der Waals surface area (Å²) in [6.45, 7) is 1.92. The van der Waals surface area contributed by atoms with E-state index in [9.17, 15) is 4.79 Å². The number of ether oxygens (including phenoxy) is 1. The molecule has 1 atom stereocenters. The number of hydrogen-bond acceptors (Lipinski definition) is 3. The topological polar surface area (TPSA) is 52.3 Å². The summed E-state index contributed by atoms with van der Waals surface area (Å²) in [5.41, 5.74) is 10.4. The monoisotopic (exact) mass is 281 g/mol. The number of carbonyl (C=O) groups is 1. The summed E-state index contributed by atoms with van der Waals surface area (Å²) in [7, 11) is 0. The van der Waals surface area contributed by atoms with Crippen LogP contribution in [0.5, 0.6) is 0 Å². The molecule has 0 heterocycles. The number of fused-ring (bicyclic) bond motifs is 1. The molecule has 2 aromatic carbocycles. The highest BCUT2D eigenvalue weighted by atomic mass is 16.5. The quantitative estimate of drug-likeness (QED) is 0.672. The highest BCUT2D eigenvalue weighted by Gasteiger charge is 2.23. The molecule has 3 nitrogen and oxygen atoms in total. The molecule has 0 amide bonds. The van der Waals surface area contributed by atoms with Crippen molar-refractivity contribution in [3.05, 3.63) is 64.7 Å².